The van der Waals surface area contributed by atoms with Gasteiger partial charge in [0.25, 0.3) is 0 Å². The van der Waals surface area contributed by atoms with Gasteiger partial charge in [-0.1, -0.05) is 48.6 Å². The minimum absolute atomic E-state index is 0.0736. The fraction of sp³-hybridized carbons (Fsp3) is 0.182. The number of hydrogen-bond acceptors (Lipinski definition) is 4. The predicted octanol–water partition coefficient (Wildman–Crippen LogP) is 2.92. The van der Waals surface area contributed by atoms with Crippen LogP contribution in [0.15, 0.2) is 77.5 Å². The molecule has 1 aromatic carbocycles. The molecule has 3 heterocycles. The van der Waals surface area contributed by atoms with E-state index in [0.29, 0.717) is 6.42 Å². The third-order valence-electron chi connectivity index (χ3n) is 5.20. The van der Waals surface area contributed by atoms with Gasteiger partial charge in [-0.05, 0) is 17.7 Å². The minimum Gasteiger partial charge on any atom is -0.306 e. The first-order chi connectivity index (χ1) is 13.7. The largest absolute Gasteiger partial charge is 0.306 e. The van der Waals surface area contributed by atoms with Crippen molar-refractivity contribution in [2.24, 2.45) is 10.9 Å². The molecule has 2 atom stereocenters. The number of hydrogen-bond donors (Lipinski definition) is 0. The lowest BCUT2D eigenvalue weighted by molar-refractivity contribution is -0.129. The lowest BCUT2D eigenvalue weighted by Gasteiger charge is -2.29. The van der Waals surface area contributed by atoms with Crippen LogP contribution >= 0.6 is 0 Å². The zero-order chi connectivity index (χ0) is 19.1. The van der Waals surface area contributed by atoms with E-state index in [-0.39, 0.29) is 17.9 Å². The Morgan fingerprint density at radius 2 is 1.96 bits per heavy atom. The van der Waals surface area contributed by atoms with Crippen LogP contribution in [0.1, 0.15) is 5.69 Å². The van der Waals surface area contributed by atoms with Crippen LogP contribution < -0.4 is 0 Å². The molecule has 0 fully saturated rings. The highest BCUT2D eigenvalue weighted by molar-refractivity contribution is 5.93. The molecular weight excluding hydrogens is 350 g/mol. The number of carbonyl (C=O) groups excluding carboxylic acids is 1. The summed E-state index contributed by atoms with van der Waals surface area (Å²) in [5.74, 6) is -0.161. The summed E-state index contributed by atoms with van der Waals surface area (Å²) < 4.78 is 1.88. The average Bonchev–Trinajstić information content (AvgIpc) is 3.14. The summed E-state index contributed by atoms with van der Waals surface area (Å²) in [6.07, 6.45) is 10.2. The van der Waals surface area contributed by atoms with Crippen molar-refractivity contribution < 1.29 is 4.79 Å². The Balaban J connectivity index is 1.47. The highest BCUT2D eigenvalue weighted by Gasteiger charge is 2.32. The molecule has 0 saturated carbocycles. The van der Waals surface area contributed by atoms with Gasteiger partial charge in [-0.25, -0.2) is 9.50 Å². The van der Waals surface area contributed by atoms with E-state index in [1.807, 2.05) is 65.3 Å². The van der Waals surface area contributed by atoms with Crippen LogP contribution in [-0.2, 0) is 11.2 Å². The molecule has 1 aliphatic carbocycles. The first-order valence-corrected chi connectivity index (χ1v) is 9.27. The normalized spacial score (nSPS) is 21.1. The Hall–Kier alpha value is -3.54. The molecule has 6 nitrogen and oxygen atoms in total. The Morgan fingerprint density at radius 3 is 2.82 bits per heavy atom. The Labute approximate surface area is 162 Å². The number of imidazole rings is 1. The van der Waals surface area contributed by atoms with Crippen molar-refractivity contribution in [2.45, 2.75) is 12.5 Å². The van der Waals surface area contributed by atoms with Crippen LogP contribution in [0.4, 0.5) is 0 Å². The topological polar surface area (TPSA) is 62.9 Å². The summed E-state index contributed by atoms with van der Waals surface area (Å²) >= 11 is 0. The van der Waals surface area contributed by atoms with Crippen molar-refractivity contribution in [3.63, 3.8) is 0 Å². The molecule has 28 heavy (non-hydrogen) atoms. The molecule has 6 heteroatoms. The maximum Gasteiger partial charge on any atom is 0.236 e. The van der Waals surface area contributed by atoms with Crippen molar-refractivity contribution in [1.29, 1.82) is 0 Å². The highest BCUT2D eigenvalue weighted by Crippen LogP contribution is 2.26. The molecule has 0 saturated heterocycles. The van der Waals surface area contributed by atoms with Crippen LogP contribution in [0.2, 0.25) is 0 Å². The molecule has 0 N–H and O–H groups in total. The summed E-state index contributed by atoms with van der Waals surface area (Å²) in [6.45, 7) is 0. The Morgan fingerprint density at radius 1 is 1.11 bits per heavy atom. The summed E-state index contributed by atoms with van der Waals surface area (Å²) in [6, 6.07) is 14.0. The molecule has 0 spiro atoms. The average molecular weight is 369 g/mol. The number of allylic oxidation sites excluding steroid dienone is 2. The second-order valence-corrected chi connectivity index (χ2v) is 7.11. The van der Waals surface area contributed by atoms with Gasteiger partial charge in [0.1, 0.15) is 0 Å². The van der Waals surface area contributed by atoms with E-state index in [9.17, 15) is 4.79 Å². The molecule has 0 bridgehead atoms. The number of nitrogens with zero attached hydrogens (tertiary/aromatic N) is 5. The smallest absolute Gasteiger partial charge is 0.236 e. The summed E-state index contributed by atoms with van der Waals surface area (Å²) in [5, 5.41) is 4.78. The van der Waals surface area contributed by atoms with E-state index in [2.05, 4.69) is 16.1 Å². The highest BCUT2D eigenvalue weighted by atomic mass is 16.2. The van der Waals surface area contributed by atoms with Gasteiger partial charge >= 0.3 is 0 Å². The van der Waals surface area contributed by atoms with Crippen molar-refractivity contribution >= 4 is 17.9 Å². The number of aromatic nitrogens is 3. The van der Waals surface area contributed by atoms with Crippen LogP contribution in [0.5, 0.6) is 0 Å². The van der Waals surface area contributed by atoms with E-state index in [4.69, 9.17) is 5.10 Å². The molecule has 0 radical (unpaired) electrons. The van der Waals surface area contributed by atoms with Crippen LogP contribution in [-0.4, -0.2) is 44.8 Å². The van der Waals surface area contributed by atoms with Crippen molar-refractivity contribution in [3.8, 4) is 11.3 Å². The minimum atomic E-state index is -0.234. The van der Waals surface area contributed by atoms with Gasteiger partial charge in [-0.2, -0.15) is 5.10 Å². The van der Waals surface area contributed by atoms with Crippen molar-refractivity contribution in [2.75, 3.05) is 7.05 Å². The van der Waals surface area contributed by atoms with Crippen LogP contribution in [0, 0.1) is 5.92 Å². The standard InChI is InChI=1S/C22H19N5O/c1-26-14-24-20-8-7-15(12-18(20)22(26)28)11-17-13-23-21-10-9-19(25-27(17)21)16-5-3-2-4-6-16/h2-10,12-14,18,20H,11H2,1H3. The quantitative estimate of drug-likeness (QED) is 0.713. The predicted molar refractivity (Wildman–Crippen MR) is 108 cm³/mol. The van der Waals surface area contributed by atoms with Crippen molar-refractivity contribution in [1.82, 2.24) is 19.5 Å². The first kappa shape index (κ1) is 16.6. The summed E-state index contributed by atoms with van der Waals surface area (Å²) in [5.41, 5.74) is 4.85. The Kier molecular flexibility index (Phi) is 3.90. The second-order valence-electron chi connectivity index (χ2n) is 7.11. The number of benzene rings is 1. The van der Waals surface area contributed by atoms with E-state index in [1.54, 1.807) is 18.3 Å². The van der Waals surface area contributed by atoms with Gasteiger partial charge in [0.2, 0.25) is 5.91 Å². The van der Waals surface area contributed by atoms with Crippen LogP contribution in [0.25, 0.3) is 16.9 Å². The molecule has 1 aliphatic heterocycles. The SMILES string of the molecule is CN1C=NC2C=CC(Cc3cnc4ccc(-c5ccccc5)nn34)=CC2C1=O. The number of amides is 1. The molecule has 1 amide bonds. The third kappa shape index (κ3) is 2.83. The van der Waals surface area contributed by atoms with Gasteiger partial charge in [0.15, 0.2) is 5.65 Å². The Bertz CT molecular complexity index is 1140. The maximum absolute atomic E-state index is 12.4. The van der Waals surface area contributed by atoms with Gasteiger partial charge < -0.3 is 4.90 Å². The number of rotatable bonds is 3. The lowest BCUT2D eigenvalue weighted by atomic mass is 9.88. The van der Waals surface area contributed by atoms with E-state index < -0.39 is 0 Å². The lowest BCUT2D eigenvalue weighted by Crippen LogP contribution is -2.41. The van der Waals surface area contributed by atoms with Gasteiger partial charge in [-0.3, -0.25) is 9.79 Å². The summed E-state index contributed by atoms with van der Waals surface area (Å²) in [7, 11) is 1.74. The van der Waals surface area contributed by atoms with Gasteiger partial charge in [0, 0.05) is 19.0 Å². The van der Waals surface area contributed by atoms with E-state index in [1.165, 1.54) is 0 Å². The van der Waals surface area contributed by atoms with Crippen molar-refractivity contribution in [3.05, 3.63) is 78.2 Å². The first-order valence-electron chi connectivity index (χ1n) is 9.27. The third-order valence-corrected chi connectivity index (χ3v) is 5.20. The molecule has 5 rings (SSSR count). The van der Waals surface area contributed by atoms with E-state index in [0.717, 1.165) is 28.2 Å². The monoisotopic (exact) mass is 369 g/mol. The zero-order valence-corrected chi connectivity index (χ0v) is 15.4. The molecular formula is C22H19N5O. The van der Waals surface area contributed by atoms with Gasteiger partial charge in [0.05, 0.1) is 35.9 Å². The number of fused-ring (bicyclic) bond motifs is 2. The maximum atomic E-state index is 12.4. The van der Waals surface area contributed by atoms with Crippen LogP contribution in [0.3, 0.4) is 0 Å². The number of aliphatic imine (C=N–C) groups is 1. The fourth-order valence-electron chi connectivity index (χ4n) is 3.69. The molecule has 3 aromatic rings. The summed E-state index contributed by atoms with van der Waals surface area (Å²) in [4.78, 5) is 22.9. The molecule has 2 aromatic heterocycles. The molecule has 2 unspecified atom stereocenters. The fourth-order valence-corrected chi connectivity index (χ4v) is 3.69. The second kappa shape index (κ2) is 6.56. The molecule has 2 aliphatic rings. The number of carbonyl (C=O) groups is 1. The van der Waals surface area contributed by atoms with E-state index >= 15 is 0 Å². The zero-order valence-electron chi connectivity index (χ0n) is 15.4. The van der Waals surface area contributed by atoms with Gasteiger partial charge in [-0.15, -0.1) is 0 Å². The molecule has 138 valence electrons.